The highest BCUT2D eigenvalue weighted by molar-refractivity contribution is 6.31. The molecule has 0 saturated carbocycles. The molecule has 1 aromatic rings. The first kappa shape index (κ1) is 20.3. The van der Waals surface area contributed by atoms with E-state index in [4.69, 9.17) is 11.6 Å². The maximum atomic E-state index is 11.7. The van der Waals surface area contributed by atoms with Gasteiger partial charge < -0.3 is 15.1 Å². The minimum absolute atomic E-state index is 0.250. The van der Waals surface area contributed by atoms with E-state index in [2.05, 4.69) is 43.8 Å². The highest BCUT2D eigenvalue weighted by Crippen LogP contribution is 2.28. The summed E-state index contributed by atoms with van der Waals surface area (Å²) in [6.07, 6.45) is 5.12. The van der Waals surface area contributed by atoms with E-state index in [9.17, 15) is 4.79 Å². The largest absolute Gasteiger partial charge is 0.354 e. The van der Waals surface area contributed by atoms with Crippen molar-refractivity contribution < 1.29 is 4.79 Å². The summed E-state index contributed by atoms with van der Waals surface area (Å²) >= 11 is 6.36. The molecule has 1 amide bonds. The number of carbonyl (C=O) groups excluding carboxylic acids is 1. The molecule has 1 N–H and O–H groups in total. The van der Waals surface area contributed by atoms with Crippen LogP contribution in [0.5, 0.6) is 0 Å². The molecule has 0 bridgehead atoms. The van der Waals surface area contributed by atoms with Gasteiger partial charge in [-0.15, -0.1) is 0 Å². The summed E-state index contributed by atoms with van der Waals surface area (Å²) in [5.74, 6) is 0.411. The van der Waals surface area contributed by atoms with Gasteiger partial charge in [0.05, 0.1) is 6.20 Å². The molecule has 0 aromatic carbocycles. The molecule has 1 unspecified atom stereocenters. The van der Waals surface area contributed by atoms with Crippen LogP contribution in [0.3, 0.4) is 0 Å². The molecule has 2 fully saturated rings. The van der Waals surface area contributed by atoms with Crippen molar-refractivity contribution in [2.45, 2.75) is 45.2 Å². The molecule has 0 spiro atoms. The number of piperazine rings is 1. The lowest BCUT2D eigenvalue weighted by Crippen LogP contribution is -2.58. The highest BCUT2D eigenvalue weighted by Gasteiger charge is 2.33. The summed E-state index contributed by atoms with van der Waals surface area (Å²) in [7, 11) is 1.57. The second-order valence-electron chi connectivity index (χ2n) is 7.36. The Morgan fingerprint density at radius 1 is 1.26 bits per heavy atom. The molecular weight excluding hydrogens is 364 g/mol. The Morgan fingerprint density at radius 2 is 2.00 bits per heavy atom. The van der Waals surface area contributed by atoms with Crippen LogP contribution in [0.4, 0.5) is 5.82 Å². The van der Waals surface area contributed by atoms with Crippen molar-refractivity contribution in [3.05, 3.63) is 17.0 Å². The number of aromatic nitrogens is 2. The molecule has 0 aliphatic carbocycles. The number of anilines is 1. The van der Waals surface area contributed by atoms with Crippen LogP contribution < -0.4 is 10.2 Å². The number of hydrogen-bond donors (Lipinski definition) is 1. The van der Waals surface area contributed by atoms with Gasteiger partial charge in [0, 0.05) is 38.8 Å². The van der Waals surface area contributed by atoms with Gasteiger partial charge in [-0.25, -0.2) is 9.97 Å². The number of hydrogen-bond acceptors (Lipinski definition) is 6. The lowest BCUT2D eigenvalue weighted by molar-refractivity contribution is 0.0647. The van der Waals surface area contributed by atoms with Gasteiger partial charge in [-0.3, -0.25) is 9.69 Å². The Labute approximate surface area is 167 Å². The average molecular weight is 395 g/mol. The average Bonchev–Trinajstić information content (AvgIpc) is 2.72. The van der Waals surface area contributed by atoms with Crippen LogP contribution >= 0.6 is 11.6 Å². The molecule has 3 heterocycles. The monoisotopic (exact) mass is 394 g/mol. The fourth-order valence-electron chi connectivity index (χ4n) is 4.28. The Morgan fingerprint density at radius 3 is 2.59 bits per heavy atom. The number of nitrogens with zero attached hydrogens (tertiary/aromatic N) is 5. The van der Waals surface area contributed by atoms with E-state index in [0.29, 0.717) is 23.1 Å². The molecule has 2 aliphatic heterocycles. The second-order valence-corrected chi connectivity index (χ2v) is 7.72. The fourth-order valence-corrected chi connectivity index (χ4v) is 4.54. The van der Waals surface area contributed by atoms with Gasteiger partial charge in [0.2, 0.25) is 0 Å². The van der Waals surface area contributed by atoms with Crippen molar-refractivity contribution >= 4 is 23.3 Å². The Bertz CT molecular complexity index is 649. The van der Waals surface area contributed by atoms with Gasteiger partial charge in [-0.1, -0.05) is 25.4 Å². The summed E-state index contributed by atoms with van der Waals surface area (Å²) in [5.41, 5.74) is 0.250. The molecule has 7 nitrogen and oxygen atoms in total. The normalized spacial score (nSPS) is 22.8. The number of piperidine rings is 1. The van der Waals surface area contributed by atoms with E-state index < -0.39 is 0 Å². The minimum Gasteiger partial charge on any atom is -0.354 e. The molecule has 150 valence electrons. The number of carbonyl (C=O) groups is 1. The molecule has 8 heteroatoms. The zero-order valence-electron chi connectivity index (χ0n) is 16.6. The predicted octanol–water partition coefficient (Wildman–Crippen LogP) is 1.87. The van der Waals surface area contributed by atoms with Crippen molar-refractivity contribution in [3.8, 4) is 0 Å². The maximum Gasteiger partial charge on any atom is 0.271 e. The van der Waals surface area contributed by atoms with Gasteiger partial charge in [-0.05, 0) is 38.9 Å². The highest BCUT2D eigenvalue weighted by atomic mass is 35.5. The van der Waals surface area contributed by atoms with E-state index in [1.165, 1.54) is 32.1 Å². The van der Waals surface area contributed by atoms with Crippen LogP contribution in [-0.2, 0) is 0 Å². The predicted molar refractivity (Wildman–Crippen MR) is 109 cm³/mol. The summed E-state index contributed by atoms with van der Waals surface area (Å²) in [5, 5.41) is 2.85. The Kier molecular flexibility index (Phi) is 6.89. The SMILES string of the molecule is CCC1CN(c2ncc(C(=O)NC)nc2Cl)CCN1C1CCN(CC)CC1. The van der Waals surface area contributed by atoms with E-state index >= 15 is 0 Å². The van der Waals surface area contributed by atoms with Crippen LogP contribution in [0, 0.1) is 0 Å². The first-order valence-corrected chi connectivity index (χ1v) is 10.4. The van der Waals surface area contributed by atoms with Crippen molar-refractivity contribution in [1.29, 1.82) is 0 Å². The quantitative estimate of drug-likeness (QED) is 0.822. The van der Waals surface area contributed by atoms with E-state index in [-0.39, 0.29) is 11.6 Å². The third kappa shape index (κ3) is 4.52. The topological polar surface area (TPSA) is 64.6 Å². The van der Waals surface area contributed by atoms with Crippen LogP contribution in [0.25, 0.3) is 0 Å². The molecule has 27 heavy (non-hydrogen) atoms. The van der Waals surface area contributed by atoms with Crippen molar-refractivity contribution in [2.75, 3.05) is 51.2 Å². The van der Waals surface area contributed by atoms with Crippen LogP contribution in [0.1, 0.15) is 43.6 Å². The lowest BCUT2D eigenvalue weighted by atomic mass is 9.98. The molecule has 2 saturated heterocycles. The minimum atomic E-state index is -0.273. The number of likely N-dealkylation sites (tertiary alicyclic amines) is 1. The zero-order chi connectivity index (χ0) is 19.4. The van der Waals surface area contributed by atoms with Crippen molar-refractivity contribution in [3.63, 3.8) is 0 Å². The lowest BCUT2D eigenvalue weighted by Gasteiger charge is -2.47. The van der Waals surface area contributed by atoms with E-state index in [1.54, 1.807) is 7.05 Å². The zero-order valence-corrected chi connectivity index (χ0v) is 17.4. The smallest absolute Gasteiger partial charge is 0.271 e. The third-order valence-electron chi connectivity index (χ3n) is 5.94. The molecular formula is C19H31ClN6O. The van der Waals surface area contributed by atoms with Gasteiger partial charge in [0.15, 0.2) is 11.0 Å². The molecule has 0 radical (unpaired) electrons. The van der Waals surface area contributed by atoms with Gasteiger partial charge in [-0.2, -0.15) is 0 Å². The van der Waals surface area contributed by atoms with Crippen molar-refractivity contribution in [1.82, 2.24) is 25.1 Å². The van der Waals surface area contributed by atoms with Gasteiger partial charge in [0.1, 0.15) is 5.69 Å². The molecule has 1 atom stereocenters. The number of nitrogens with one attached hydrogen (secondary N) is 1. The van der Waals surface area contributed by atoms with Gasteiger partial charge >= 0.3 is 0 Å². The summed E-state index contributed by atoms with van der Waals surface area (Å²) in [4.78, 5) is 27.8. The summed E-state index contributed by atoms with van der Waals surface area (Å²) in [6.45, 7) is 10.9. The van der Waals surface area contributed by atoms with Crippen LogP contribution in [0.2, 0.25) is 5.15 Å². The Balaban J connectivity index is 1.67. The molecule has 1 aromatic heterocycles. The second kappa shape index (κ2) is 9.17. The first-order chi connectivity index (χ1) is 13.1. The number of rotatable bonds is 5. The number of amides is 1. The van der Waals surface area contributed by atoms with E-state index in [1.807, 2.05) is 0 Å². The maximum absolute atomic E-state index is 11.7. The number of halogens is 1. The summed E-state index contributed by atoms with van der Waals surface area (Å²) < 4.78 is 0. The van der Waals surface area contributed by atoms with Crippen molar-refractivity contribution in [2.24, 2.45) is 0 Å². The fraction of sp³-hybridized carbons (Fsp3) is 0.737. The summed E-state index contributed by atoms with van der Waals surface area (Å²) in [6, 6.07) is 1.17. The van der Waals surface area contributed by atoms with E-state index in [0.717, 1.165) is 32.6 Å². The Hall–Kier alpha value is -1.44. The van der Waals surface area contributed by atoms with Gasteiger partial charge in [0.25, 0.3) is 5.91 Å². The van der Waals surface area contributed by atoms with Crippen LogP contribution in [0.15, 0.2) is 6.20 Å². The molecule has 3 rings (SSSR count). The van der Waals surface area contributed by atoms with Crippen LogP contribution in [-0.4, -0.2) is 84.1 Å². The third-order valence-corrected chi connectivity index (χ3v) is 6.20. The molecule has 2 aliphatic rings. The standard InChI is InChI=1S/C19H31ClN6O/c1-4-14-13-25(18-17(20)23-16(12-22-18)19(27)21-3)10-11-26(14)15-6-8-24(5-2)9-7-15/h12,14-15H,4-11,13H2,1-3H3,(H,21,27). The first-order valence-electron chi connectivity index (χ1n) is 10.0.